The van der Waals surface area contributed by atoms with Gasteiger partial charge in [-0.05, 0) is 56.3 Å². The molecule has 1 N–H and O–H groups in total. The van der Waals surface area contributed by atoms with E-state index in [-0.39, 0.29) is 0 Å². The first kappa shape index (κ1) is 16.3. The summed E-state index contributed by atoms with van der Waals surface area (Å²) < 4.78 is 0. The molecule has 1 aromatic rings. The van der Waals surface area contributed by atoms with E-state index in [0.717, 1.165) is 13.1 Å². The Labute approximate surface area is 130 Å². The van der Waals surface area contributed by atoms with Crippen molar-refractivity contribution in [1.82, 2.24) is 10.3 Å². The van der Waals surface area contributed by atoms with E-state index in [9.17, 15) is 0 Å². The van der Waals surface area contributed by atoms with Gasteiger partial charge in [0.05, 0.1) is 0 Å². The second-order valence-electron chi connectivity index (χ2n) is 6.27. The quantitative estimate of drug-likeness (QED) is 0.801. The van der Waals surface area contributed by atoms with E-state index in [1.165, 1.54) is 62.0 Å². The molecule has 1 unspecified atom stereocenters. The monoisotopic (exact) mass is 289 g/mol. The van der Waals surface area contributed by atoms with Crippen molar-refractivity contribution < 1.29 is 0 Å². The molecule has 3 nitrogen and oxygen atoms in total. The molecule has 21 heavy (non-hydrogen) atoms. The SMILES string of the molecule is CCCNCc1cnc(N2CCCCCC2CC)c(C)c1. The van der Waals surface area contributed by atoms with Crippen LogP contribution in [-0.4, -0.2) is 24.1 Å². The van der Waals surface area contributed by atoms with Crippen molar-refractivity contribution in [1.29, 1.82) is 0 Å². The third-order valence-corrected chi connectivity index (χ3v) is 4.48. The van der Waals surface area contributed by atoms with E-state index in [0.29, 0.717) is 6.04 Å². The number of hydrogen-bond acceptors (Lipinski definition) is 3. The Kier molecular flexibility index (Phi) is 6.50. The van der Waals surface area contributed by atoms with E-state index < -0.39 is 0 Å². The second-order valence-corrected chi connectivity index (χ2v) is 6.27. The number of aromatic nitrogens is 1. The number of pyridine rings is 1. The van der Waals surface area contributed by atoms with Crippen molar-refractivity contribution in [3.05, 3.63) is 23.4 Å². The van der Waals surface area contributed by atoms with Crippen LogP contribution in [0.25, 0.3) is 0 Å². The van der Waals surface area contributed by atoms with Crippen molar-refractivity contribution >= 4 is 5.82 Å². The molecule has 1 saturated heterocycles. The summed E-state index contributed by atoms with van der Waals surface area (Å²) in [6.45, 7) is 9.89. The minimum absolute atomic E-state index is 0.669. The predicted octanol–water partition coefficient (Wildman–Crippen LogP) is 4.05. The van der Waals surface area contributed by atoms with Crippen LogP contribution in [0.15, 0.2) is 12.3 Å². The summed E-state index contributed by atoms with van der Waals surface area (Å²) in [6, 6.07) is 2.98. The highest BCUT2D eigenvalue weighted by atomic mass is 15.2. The fourth-order valence-corrected chi connectivity index (χ4v) is 3.31. The summed E-state index contributed by atoms with van der Waals surface area (Å²) >= 11 is 0. The molecule has 1 aliphatic rings. The minimum Gasteiger partial charge on any atom is -0.353 e. The molecular formula is C18H31N3. The summed E-state index contributed by atoms with van der Waals surface area (Å²) in [4.78, 5) is 7.37. The van der Waals surface area contributed by atoms with E-state index in [2.05, 4.69) is 43.3 Å². The lowest BCUT2D eigenvalue weighted by molar-refractivity contribution is 0.551. The Morgan fingerprint density at radius 3 is 2.86 bits per heavy atom. The molecule has 3 heteroatoms. The van der Waals surface area contributed by atoms with Gasteiger partial charge in [0.25, 0.3) is 0 Å². The molecule has 1 aliphatic heterocycles. The van der Waals surface area contributed by atoms with Crippen LogP contribution in [0.3, 0.4) is 0 Å². The molecule has 2 rings (SSSR count). The molecular weight excluding hydrogens is 258 g/mol. The van der Waals surface area contributed by atoms with Gasteiger partial charge in [0, 0.05) is 25.3 Å². The molecule has 0 aromatic carbocycles. The molecule has 0 spiro atoms. The lowest BCUT2D eigenvalue weighted by Gasteiger charge is -2.31. The highest BCUT2D eigenvalue weighted by Crippen LogP contribution is 2.27. The van der Waals surface area contributed by atoms with Gasteiger partial charge in [-0.25, -0.2) is 4.98 Å². The highest BCUT2D eigenvalue weighted by molar-refractivity contribution is 5.48. The van der Waals surface area contributed by atoms with E-state index in [4.69, 9.17) is 4.98 Å². The number of nitrogens with zero attached hydrogens (tertiary/aromatic N) is 2. The van der Waals surface area contributed by atoms with E-state index >= 15 is 0 Å². The first-order valence-corrected chi connectivity index (χ1v) is 8.69. The molecule has 0 aliphatic carbocycles. The molecule has 1 aromatic heterocycles. The second kappa shape index (κ2) is 8.38. The van der Waals surface area contributed by atoms with Crippen LogP contribution in [0.5, 0.6) is 0 Å². The van der Waals surface area contributed by atoms with Crippen LogP contribution in [0.4, 0.5) is 5.82 Å². The normalized spacial score (nSPS) is 19.6. The van der Waals surface area contributed by atoms with Gasteiger partial charge in [-0.3, -0.25) is 0 Å². The first-order valence-electron chi connectivity index (χ1n) is 8.69. The van der Waals surface area contributed by atoms with E-state index in [1.807, 2.05) is 0 Å². The lowest BCUT2D eigenvalue weighted by Crippen LogP contribution is -2.35. The van der Waals surface area contributed by atoms with Crippen LogP contribution >= 0.6 is 0 Å². The Morgan fingerprint density at radius 1 is 1.29 bits per heavy atom. The Balaban J connectivity index is 2.10. The third-order valence-electron chi connectivity index (χ3n) is 4.48. The molecule has 0 radical (unpaired) electrons. The maximum Gasteiger partial charge on any atom is 0.131 e. The number of aryl methyl sites for hydroxylation is 1. The zero-order valence-electron chi connectivity index (χ0n) is 14.0. The zero-order valence-corrected chi connectivity index (χ0v) is 14.0. The van der Waals surface area contributed by atoms with Crippen molar-refractivity contribution in [2.24, 2.45) is 0 Å². The van der Waals surface area contributed by atoms with Crippen LogP contribution in [0.2, 0.25) is 0 Å². The van der Waals surface area contributed by atoms with Gasteiger partial charge >= 0.3 is 0 Å². The predicted molar refractivity (Wildman–Crippen MR) is 90.9 cm³/mol. The molecule has 1 atom stereocenters. The maximum atomic E-state index is 4.81. The third kappa shape index (κ3) is 4.44. The summed E-state index contributed by atoms with van der Waals surface area (Å²) in [5.74, 6) is 1.21. The largest absolute Gasteiger partial charge is 0.353 e. The van der Waals surface area contributed by atoms with Crippen molar-refractivity contribution in [3.8, 4) is 0 Å². The van der Waals surface area contributed by atoms with Gasteiger partial charge in [-0.15, -0.1) is 0 Å². The smallest absolute Gasteiger partial charge is 0.131 e. The average Bonchev–Trinajstić information content (AvgIpc) is 2.73. The molecule has 0 bridgehead atoms. The van der Waals surface area contributed by atoms with Crippen LogP contribution < -0.4 is 10.2 Å². The Morgan fingerprint density at radius 2 is 2.14 bits per heavy atom. The number of nitrogens with one attached hydrogen (secondary N) is 1. The van der Waals surface area contributed by atoms with Gasteiger partial charge in [-0.1, -0.05) is 26.7 Å². The molecule has 1 fully saturated rings. The number of hydrogen-bond donors (Lipinski definition) is 1. The summed E-state index contributed by atoms with van der Waals surface area (Å²) in [5, 5.41) is 3.45. The summed E-state index contributed by atoms with van der Waals surface area (Å²) in [6.07, 6.45) is 9.81. The fourth-order valence-electron chi connectivity index (χ4n) is 3.31. The van der Waals surface area contributed by atoms with Gasteiger partial charge in [0.15, 0.2) is 0 Å². The number of anilines is 1. The van der Waals surface area contributed by atoms with Crippen molar-refractivity contribution in [2.45, 2.75) is 71.9 Å². The van der Waals surface area contributed by atoms with Gasteiger partial charge < -0.3 is 10.2 Å². The van der Waals surface area contributed by atoms with Crippen LogP contribution in [0.1, 0.15) is 63.5 Å². The van der Waals surface area contributed by atoms with Crippen molar-refractivity contribution in [2.75, 3.05) is 18.0 Å². The topological polar surface area (TPSA) is 28.2 Å². The van der Waals surface area contributed by atoms with Gasteiger partial charge in [0.2, 0.25) is 0 Å². The Hall–Kier alpha value is -1.09. The van der Waals surface area contributed by atoms with E-state index in [1.54, 1.807) is 0 Å². The fraction of sp³-hybridized carbons (Fsp3) is 0.722. The minimum atomic E-state index is 0.669. The highest BCUT2D eigenvalue weighted by Gasteiger charge is 2.22. The van der Waals surface area contributed by atoms with Crippen LogP contribution in [-0.2, 0) is 6.54 Å². The first-order chi connectivity index (χ1) is 10.3. The Bertz CT molecular complexity index is 430. The zero-order chi connectivity index (χ0) is 15.1. The van der Waals surface area contributed by atoms with Gasteiger partial charge in [-0.2, -0.15) is 0 Å². The lowest BCUT2D eigenvalue weighted by atomic mass is 10.1. The maximum absolute atomic E-state index is 4.81. The van der Waals surface area contributed by atoms with Crippen LogP contribution in [0, 0.1) is 6.92 Å². The number of rotatable bonds is 6. The molecule has 0 amide bonds. The summed E-state index contributed by atoms with van der Waals surface area (Å²) in [5.41, 5.74) is 2.62. The molecule has 0 saturated carbocycles. The molecule has 118 valence electrons. The average molecular weight is 289 g/mol. The molecule has 2 heterocycles. The van der Waals surface area contributed by atoms with Crippen molar-refractivity contribution in [3.63, 3.8) is 0 Å². The standard InChI is InChI=1S/C18H31N3/c1-4-10-19-13-16-12-15(3)18(20-14-16)21-11-8-6-7-9-17(21)5-2/h12,14,17,19H,4-11,13H2,1-3H3. The summed E-state index contributed by atoms with van der Waals surface area (Å²) in [7, 11) is 0. The van der Waals surface area contributed by atoms with Gasteiger partial charge in [0.1, 0.15) is 5.82 Å².